The highest BCUT2D eigenvalue weighted by molar-refractivity contribution is 6.23. The van der Waals surface area contributed by atoms with Gasteiger partial charge in [0.1, 0.15) is 35.6 Å². The van der Waals surface area contributed by atoms with E-state index in [-0.39, 0.29) is 48.3 Å². The Bertz CT molecular complexity index is 2750. The molecule has 3 saturated heterocycles. The van der Waals surface area contributed by atoms with Crippen LogP contribution in [0.4, 0.5) is 21.6 Å². The molecule has 67 heavy (non-hydrogen) atoms. The van der Waals surface area contributed by atoms with Gasteiger partial charge in [-0.05, 0) is 67.9 Å². The number of ether oxygens (including phenoxy) is 3. The van der Waals surface area contributed by atoms with Crippen LogP contribution < -0.4 is 26.2 Å². The van der Waals surface area contributed by atoms with Gasteiger partial charge in [0, 0.05) is 81.8 Å². The van der Waals surface area contributed by atoms with Crippen molar-refractivity contribution in [2.75, 3.05) is 94.4 Å². The summed E-state index contributed by atoms with van der Waals surface area (Å²) in [6.07, 6.45) is 4.41. The predicted molar refractivity (Wildman–Crippen MR) is 244 cm³/mol. The number of nitrogen functional groups attached to an aromatic ring is 1. The molecule has 1 unspecified atom stereocenters. The minimum Gasteiger partial charge on any atom is -0.499 e. The number of hydrogen-bond donors (Lipinski definition) is 3. The number of amides is 5. The van der Waals surface area contributed by atoms with Crippen LogP contribution in [0, 0.1) is 12.7 Å². The molecule has 0 spiro atoms. The van der Waals surface area contributed by atoms with Crippen molar-refractivity contribution in [3.8, 4) is 16.9 Å². The SMILES string of the molecule is Cc1nc2ccc(-c3ccnc(N)c3)nc2n1-c1ccc(N2CCN(CCOCCOCCOC=CC(=O)NC3CN(c4ccc5c(c4)C(=O)N(C4CCC(=O)NC4=O)C5=O)C3)CC2)c(F)c1. The number of rotatable bonds is 17. The van der Waals surface area contributed by atoms with Gasteiger partial charge in [-0.25, -0.2) is 19.3 Å². The molecule has 19 nitrogen and oxygen atoms in total. The number of halogens is 1. The number of benzene rings is 2. The van der Waals surface area contributed by atoms with Gasteiger partial charge in [-0.2, -0.15) is 0 Å². The number of nitrogens with zero attached hydrogens (tertiary/aromatic N) is 8. The molecule has 1 atom stereocenters. The zero-order chi connectivity index (χ0) is 46.6. The largest absolute Gasteiger partial charge is 0.499 e. The number of nitrogens with one attached hydrogen (secondary N) is 2. The quantitative estimate of drug-likeness (QED) is 0.0529. The van der Waals surface area contributed by atoms with Crippen molar-refractivity contribution in [3.05, 3.63) is 102 Å². The summed E-state index contributed by atoms with van der Waals surface area (Å²) in [4.78, 5) is 83.3. The van der Waals surface area contributed by atoms with E-state index < -0.39 is 29.7 Å². The van der Waals surface area contributed by atoms with Gasteiger partial charge in [0.25, 0.3) is 11.8 Å². The Morgan fingerprint density at radius 3 is 2.40 bits per heavy atom. The van der Waals surface area contributed by atoms with Gasteiger partial charge in [0.2, 0.25) is 17.7 Å². The summed E-state index contributed by atoms with van der Waals surface area (Å²) in [7, 11) is 0. The lowest BCUT2D eigenvalue weighted by molar-refractivity contribution is -0.136. The zero-order valence-corrected chi connectivity index (χ0v) is 36.9. The molecule has 4 N–H and O–H groups in total. The van der Waals surface area contributed by atoms with Crippen LogP contribution in [0.5, 0.6) is 0 Å². The molecule has 0 aliphatic carbocycles. The van der Waals surface area contributed by atoms with E-state index in [4.69, 9.17) is 24.9 Å². The Kier molecular flexibility index (Phi) is 13.2. The molecule has 3 aromatic heterocycles. The van der Waals surface area contributed by atoms with Crippen molar-refractivity contribution in [2.45, 2.75) is 31.8 Å². The Morgan fingerprint density at radius 1 is 0.866 bits per heavy atom. The normalized spacial score (nSPS) is 17.9. The van der Waals surface area contributed by atoms with E-state index in [9.17, 15) is 24.0 Å². The third kappa shape index (κ3) is 9.81. The molecular weight excluding hydrogens is 866 g/mol. The number of anilines is 3. The Labute approximate surface area is 384 Å². The number of aromatic nitrogens is 4. The van der Waals surface area contributed by atoms with Crippen LogP contribution in [-0.2, 0) is 28.6 Å². The first-order valence-electron chi connectivity index (χ1n) is 22.2. The monoisotopic (exact) mass is 915 g/mol. The summed E-state index contributed by atoms with van der Waals surface area (Å²) < 4.78 is 34.3. The highest BCUT2D eigenvalue weighted by atomic mass is 19.1. The third-order valence-electron chi connectivity index (χ3n) is 12.3. The van der Waals surface area contributed by atoms with Crippen molar-refractivity contribution >= 4 is 57.9 Å². The molecule has 0 bridgehead atoms. The number of nitrogens with two attached hydrogens (primary N) is 1. The van der Waals surface area contributed by atoms with Crippen LogP contribution in [0.15, 0.2) is 79.2 Å². The van der Waals surface area contributed by atoms with Gasteiger partial charge in [-0.3, -0.25) is 43.7 Å². The van der Waals surface area contributed by atoms with Crippen LogP contribution in [-0.4, -0.2) is 150 Å². The number of aryl methyl sites for hydroxylation is 1. The molecule has 20 heteroatoms. The molecule has 4 aliphatic rings. The van der Waals surface area contributed by atoms with E-state index in [1.807, 2.05) is 46.7 Å². The van der Waals surface area contributed by atoms with E-state index in [1.54, 1.807) is 30.5 Å². The van der Waals surface area contributed by atoms with E-state index >= 15 is 4.39 Å². The first kappa shape index (κ1) is 44.9. The second-order valence-corrected chi connectivity index (χ2v) is 16.7. The minimum absolute atomic E-state index is 0.0522. The second kappa shape index (κ2) is 19.7. The number of carbonyl (C=O) groups excluding carboxylic acids is 5. The van der Waals surface area contributed by atoms with E-state index in [0.717, 1.165) is 35.8 Å². The molecule has 5 aromatic rings. The standard InChI is InChI=1S/C47H50FN11O8/c1-29-51-38-6-5-37(30-10-12-50-41(49)24-30)53-44(38)58(29)33-3-7-39(36(48)26-33)56-15-13-55(14-16-56)17-19-66-21-23-67-22-20-65-18-11-43(61)52-31-27-57(28-31)32-2-4-34-35(25-32)47(64)59(46(34)63)40-8-9-42(60)54-45(40)62/h2-7,10-12,18,24-26,31,40H,8-9,13-17,19-23,27-28H2,1H3,(H2,49,50)(H,52,61)(H,54,60,62). The summed E-state index contributed by atoms with van der Waals surface area (Å²) in [5.74, 6) is -1.72. The number of imidazole rings is 1. The molecule has 348 valence electrons. The molecule has 3 fully saturated rings. The molecule has 7 heterocycles. The van der Waals surface area contributed by atoms with Crippen LogP contribution in [0.3, 0.4) is 0 Å². The number of hydrogen-bond acceptors (Lipinski definition) is 15. The van der Waals surface area contributed by atoms with Crippen molar-refractivity contribution in [2.24, 2.45) is 0 Å². The maximum absolute atomic E-state index is 15.7. The fourth-order valence-electron chi connectivity index (χ4n) is 8.74. The Hall–Kier alpha value is -7.29. The van der Waals surface area contributed by atoms with Gasteiger partial charge in [0.15, 0.2) is 5.65 Å². The minimum atomic E-state index is -1.02. The van der Waals surface area contributed by atoms with E-state index in [1.165, 1.54) is 18.4 Å². The lowest BCUT2D eigenvalue weighted by atomic mass is 10.0. The van der Waals surface area contributed by atoms with Gasteiger partial charge in [-0.1, -0.05) is 0 Å². The average Bonchev–Trinajstić information content (AvgIpc) is 3.76. The van der Waals surface area contributed by atoms with Gasteiger partial charge in [0.05, 0.1) is 66.9 Å². The maximum Gasteiger partial charge on any atom is 0.262 e. The van der Waals surface area contributed by atoms with Crippen LogP contribution in [0.25, 0.3) is 28.1 Å². The average molecular weight is 916 g/mol. The van der Waals surface area contributed by atoms with Gasteiger partial charge < -0.3 is 35.1 Å². The number of fused-ring (bicyclic) bond motifs is 2. The van der Waals surface area contributed by atoms with Crippen molar-refractivity contribution < 1.29 is 42.6 Å². The topological polar surface area (TPSA) is 220 Å². The molecule has 0 radical (unpaired) electrons. The molecule has 5 amide bonds. The number of carbonyl (C=O) groups is 5. The van der Waals surface area contributed by atoms with Crippen LogP contribution >= 0.6 is 0 Å². The smallest absolute Gasteiger partial charge is 0.262 e. The van der Waals surface area contributed by atoms with E-state index in [0.29, 0.717) is 92.5 Å². The number of pyridine rings is 2. The fourth-order valence-corrected chi connectivity index (χ4v) is 8.74. The summed E-state index contributed by atoms with van der Waals surface area (Å²) in [6, 6.07) is 16.4. The lowest BCUT2D eigenvalue weighted by Gasteiger charge is -2.41. The summed E-state index contributed by atoms with van der Waals surface area (Å²) in [5, 5.41) is 5.10. The molecule has 4 aliphatic heterocycles. The van der Waals surface area contributed by atoms with Gasteiger partial charge >= 0.3 is 0 Å². The van der Waals surface area contributed by atoms with Crippen LogP contribution in [0.2, 0.25) is 0 Å². The predicted octanol–water partition coefficient (Wildman–Crippen LogP) is 2.60. The lowest BCUT2D eigenvalue weighted by Crippen LogP contribution is -2.59. The summed E-state index contributed by atoms with van der Waals surface area (Å²) in [5.41, 5.74) is 11.1. The fraction of sp³-hybridized carbons (Fsp3) is 0.362. The van der Waals surface area contributed by atoms with E-state index in [2.05, 4.69) is 30.4 Å². The highest BCUT2D eigenvalue weighted by Crippen LogP contribution is 2.33. The number of piperazine rings is 1. The Morgan fingerprint density at radius 2 is 1.63 bits per heavy atom. The molecule has 0 saturated carbocycles. The first-order valence-corrected chi connectivity index (χ1v) is 22.2. The molecule has 2 aromatic carbocycles. The van der Waals surface area contributed by atoms with Crippen molar-refractivity contribution in [1.29, 1.82) is 0 Å². The van der Waals surface area contributed by atoms with Crippen LogP contribution in [0.1, 0.15) is 39.4 Å². The Balaban J connectivity index is 0.621. The van der Waals surface area contributed by atoms with Gasteiger partial charge in [-0.15, -0.1) is 0 Å². The second-order valence-electron chi connectivity index (χ2n) is 16.7. The maximum atomic E-state index is 15.7. The number of piperidine rings is 1. The number of imide groups is 2. The molecular formula is C47H50FN11O8. The highest BCUT2D eigenvalue weighted by Gasteiger charge is 2.45. The van der Waals surface area contributed by atoms with Crippen molar-refractivity contribution in [3.63, 3.8) is 0 Å². The third-order valence-corrected chi connectivity index (χ3v) is 12.3. The molecule has 9 rings (SSSR count). The zero-order valence-electron chi connectivity index (χ0n) is 36.9. The summed E-state index contributed by atoms with van der Waals surface area (Å²) in [6.45, 7) is 8.50. The first-order chi connectivity index (χ1) is 32.5. The summed E-state index contributed by atoms with van der Waals surface area (Å²) >= 11 is 0. The van der Waals surface area contributed by atoms with Crippen molar-refractivity contribution in [1.82, 2.24) is 40.0 Å².